The topological polar surface area (TPSA) is 135 Å². The molecule has 2 heterocycles. The molecular weight excluding hydrogens is 718 g/mol. The van der Waals surface area contributed by atoms with Crippen LogP contribution in [0.5, 0.6) is 11.5 Å². The molecular formula is C29H23Br2F4N5O4. The average molecular weight is 741 g/mol. The van der Waals surface area contributed by atoms with Gasteiger partial charge in [-0.3, -0.25) is 9.59 Å². The zero-order valence-corrected chi connectivity index (χ0v) is 26.2. The predicted molar refractivity (Wildman–Crippen MR) is 161 cm³/mol. The van der Waals surface area contributed by atoms with E-state index >= 15 is 0 Å². The first-order valence-corrected chi connectivity index (χ1v) is 14.1. The first-order chi connectivity index (χ1) is 20.8. The van der Waals surface area contributed by atoms with E-state index in [1.54, 1.807) is 61.5 Å². The lowest BCUT2D eigenvalue weighted by Gasteiger charge is -2.07. The Morgan fingerprint density at radius 1 is 0.864 bits per heavy atom. The van der Waals surface area contributed by atoms with E-state index in [4.69, 9.17) is 20.0 Å². The van der Waals surface area contributed by atoms with Gasteiger partial charge in [0.2, 0.25) is 5.78 Å². The maximum atomic E-state index is 12.4. The van der Waals surface area contributed by atoms with Gasteiger partial charge in [0.25, 0.3) is 12.9 Å². The third kappa shape index (κ3) is 9.08. The van der Waals surface area contributed by atoms with Crippen LogP contribution in [0.2, 0.25) is 0 Å². The number of H-pyrrole nitrogens is 2. The second kappa shape index (κ2) is 15.4. The van der Waals surface area contributed by atoms with Crippen LogP contribution in [0.15, 0.2) is 57.1 Å². The molecule has 0 aliphatic heterocycles. The van der Waals surface area contributed by atoms with Gasteiger partial charge in [-0.15, -0.1) is 0 Å². The smallest absolute Gasteiger partial charge is 0.272 e. The number of nitriles is 2. The SMILES string of the molecule is CN(C)C=C(C#N)C(=O)c1cc2cc(OCC(F)F)c(Br)cc2[nH]1.N#CCC(=O)c1cc2cc(OCC(F)F)c(Br)cc2[nH]1. The molecule has 0 amide bonds. The fourth-order valence-corrected chi connectivity index (χ4v) is 4.69. The Hall–Kier alpha value is -4.34. The normalized spacial score (nSPS) is 11.2. The molecule has 2 aromatic heterocycles. The maximum Gasteiger partial charge on any atom is 0.272 e. The molecule has 0 aliphatic carbocycles. The summed E-state index contributed by atoms with van der Waals surface area (Å²) in [7, 11) is 3.42. The number of carbonyl (C=O) groups is 2. The molecule has 9 nitrogen and oxygen atoms in total. The number of benzene rings is 2. The Labute approximate surface area is 265 Å². The van der Waals surface area contributed by atoms with E-state index in [2.05, 4.69) is 41.8 Å². The average Bonchev–Trinajstić information content (AvgIpc) is 3.56. The Bertz CT molecular complexity index is 1790. The molecule has 0 bridgehead atoms. The molecule has 0 unspecified atom stereocenters. The number of nitrogens with one attached hydrogen (secondary N) is 2. The summed E-state index contributed by atoms with van der Waals surface area (Å²) in [4.78, 5) is 31.4. The van der Waals surface area contributed by atoms with Crippen LogP contribution in [0.25, 0.3) is 21.8 Å². The highest BCUT2D eigenvalue weighted by molar-refractivity contribution is 9.11. The van der Waals surface area contributed by atoms with Crippen molar-refractivity contribution in [3.05, 3.63) is 68.5 Å². The zero-order chi connectivity index (χ0) is 32.6. The van der Waals surface area contributed by atoms with Crippen molar-refractivity contribution in [3.8, 4) is 23.6 Å². The molecule has 0 fully saturated rings. The molecule has 0 radical (unpaired) electrons. The first-order valence-electron chi connectivity index (χ1n) is 12.5. The molecule has 0 spiro atoms. The Balaban J connectivity index is 0.000000244. The fourth-order valence-electron chi connectivity index (χ4n) is 3.77. The van der Waals surface area contributed by atoms with Crippen LogP contribution in [0.3, 0.4) is 0 Å². The number of aromatic nitrogens is 2. The van der Waals surface area contributed by atoms with E-state index in [1.165, 1.54) is 6.20 Å². The summed E-state index contributed by atoms with van der Waals surface area (Å²) in [6, 6.07) is 13.1. The van der Waals surface area contributed by atoms with E-state index in [0.717, 1.165) is 0 Å². The predicted octanol–water partition coefficient (Wildman–Crippen LogP) is 7.40. The fraction of sp³-hybridized carbons (Fsp3) is 0.241. The number of ether oxygens (including phenoxy) is 2. The van der Waals surface area contributed by atoms with E-state index in [-0.39, 0.29) is 35.0 Å². The molecule has 2 N–H and O–H groups in total. The lowest BCUT2D eigenvalue weighted by Crippen LogP contribution is -2.09. The van der Waals surface area contributed by atoms with Gasteiger partial charge in [-0.2, -0.15) is 10.5 Å². The number of hydrogen-bond acceptors (Lipinski definition) is 7. The lowest BCUT2D eigenvalue weighted by atomic mass is 10.1. The molecule has 4 rings (SSSR count). The quantitative estimate of drug-likeness (QED) is 0.0709. The van der Waals surface area contributed by atoms with Crippen molar-refractivity contribution in [1.29, 1.82) is 10.5 Å². The minimum Gasteiger partial charge on any atom is -0.486 e. The molecule has 0 atom stereocenters. The zero-order valence-electron chi connectivity index (χ0n) is 23.1. The molecule has 15 heteroatoms. The molecule has 0 saturated carbocycles. The van der Waals surface area contributed by atoms with Crippen molar-refractivity contribution < 1.29 is 36.6 Å². The minimum atomic E-state index is -2.58. The van der Waals surface area contributed by atoms with Crippen LogP contribution in [-0.4, -0.2) is 66.6 Å². The minimum absolute atomic E-state index is 0.0141. The van der Waals surface area contributed by atoms with E-state index in [9.17, 15) is 27.2 Å². The van der Waals surface area contributed by atoms with Crippen LogP contribution < -0.4 is 9.47 Å². The van der Waals surface area contributed by atoms with Crippen molar-refractivity contribution in [2.75, 3.05) is 27.3 Å². The van der Waals surface area contributed by atoms with Gasteiger partial charge in [0.1, 0.15) is 42.8 Å². The molecule has 230 valence electrons. The molecule has 4 aromatic rings. The monoisotopic (exact) mass is 739 g/mol. The van der Waals surface area contributed by atoms with E-state index < -0.39 is 31.8 Å². The highest BCUT2D eigenvalue weighted by atomic mass is 79.9. The Morgan fingerprint density at radius 2 is 1.34 bits per heavy atom. The van der Waals surface area contributed by atoms with Gasteiger partial charge in [-0.05, 0) is 68.3 Å². The number of alkyl halides is 4. The van der Waals surface area contributed by atoms with Crippen molar-refractivity contribution in [1.82, 2.24) is 14.9 Å². The number of aromatic amines is 2. The number of ketones is 2. The molecule has 0 saturated heterocycles. The van der Waals surface area contributed by atoms with Crippen molar-refractivity contribution >= 4 is 65.2 Å². The maximum absolute atomic E-state index is 12.4. The lowest BCUT2D eigenvalue weighted by molar-refractivity contribution is 0.0814. The van der Waals surface area contributed by atoms with Crippen LogP contribution in [0, 0.1) is 22.7 Å². The summed E-state index contributed by atoms with van der Waals surface area (Å²) < 4.78 is 59.8. The molecule has 2 aromatic carbocycles. The van der Waals surface area contributed by atoms with E-state index in [0.29, 0.717) is 36.4 Å². The molecule has 0 aliphatic rings. The van der Waals surface area contributed by atoms with Gasteiger partial charge in [0, 0.05) is 42.1 Å². The van der Waals surface area contributed by atoms with Crippen LogP contribution in [-0.2, 0) is 0 Å². The Morgan fingerprint density at radius 3 is 1.77 bits per heavy atom. The number of carbonyl (C=O) groups excluding carboxylic acids is 2. The van der Waals surface area contributed by atoms with Crippen molar-refractivity contribution in [2.24, 2.45) is 0 Å². The van der Waals surface area contributed by atoms with Gasteiger partial charge < -0.3 is 24.3 Å². The molecule has 44 heavy (non-hydrogen) atoms. The standard InChI is InChI=1S/C16H14BrF2N3O2.C13H9BrF2N2O2/c1-22(2)7-10(6-20)16(23)13-3-9-4-14(24-8-15(18)19)11(17)5-12(9)21-13;14-8-5-9-7(4-12(8)20-6-13(15)16)3-10(18-9)11(19)1-2-17/h3-5,7,15,21H,8H2,1-2H3;3-5,13,18H,1,6H2. The number of allylic oxidation sites excluding steroid dienone is 1. The summed E-state index contributed by atoms with van der Waals surface area (Å²) in [6.07, 6.45) is -3.93. The number of halogens is 6. The second-order valence-corrected chi connectivity index (χ2v) is 10.9. The van der Waals surface area contributed by atoms with Crippen LogP contribution in [0.1, 0.15) is 27.4 Å². The highest BCUT2D eigenvalue weighted by Gasteiger charge is 2.17. The number of fused-ring (bicyclic) bond motifs is 2. The summed E-state index contributed by atoms with van der Waals surface area (Å²) in [5.41, 5.74) is 1.80. The largest absolute Gasteiger partial charge is 0.486 e. The van der Waals surface area contributed by atoms with Gasteiger partial charge >= 0.3 is 0 Å². The number of hydrogen-bond donors (Lipinski definition) is 2. The summed E-state index contributed by atoms with van der Waals surface area (Å²) in [5, 5.41) is 18.9. The number of rotatable bonds is 11. The van der Waals surface area contributed by atoms with Gasteiger partial charge in [0.05, 0.1) is 26.4 Å². The summed E-state index contributed by atoms with van der Waals surface area (Å²) >= 11 is 6.46. The number of nitrogens with zero attached hydrogens (tertiary/aromatic N) is 3. The third-order valence-corrected chi connectivity index (χ3v) is 6.85. The van der Waals surface area contributed by atoms with Gasteiger partial charge in [-0.25, -0.2) is 17.6 Å². The Kier molecular flexibility index (Phi) is 12.0. The van der Waals surface area contributed by atoms with Gasteiger partial charge in [0.15, 0.2) is 5.78 Å². The van der Waals surface area contributed by atoms with Crippen molar-refractivity contribution in [2.45, 2.75) is 19.3 Å². The van der Waals surface area contributed by atoms with Gasteiger partial charge in [-0.1, -0.05) is 0 Å². The highest BCUT2D eigenvalue weighted by Crippen LogP contribution is 2.32. The number of Topliss-reactive ketones (excluding diaryl/α,β-unsaturated/α-hetero) is 2. The summed E-state index contributed by atoms with van der Waals surface area (Å²) in [5.74, 6) is -0.246. The summed E-state index contributed by atoms with van der Waals surface area (Å²) in [6.45, 7) is -1.42. The van der Waals surface area contributed by atoms with Crippen LogP contribution >= 0.6 is 31.9 Å². The second-order valence-electron chi connectivity index (χ2n) is 9.22. The van der Waals surface area contributed by atoms with Crippen LogP contribution in [0.4, 0.5) is 17.6 Å². The first kappa shape index (κ1) is 34.2. The van der Waals surface area contributed by atoms with Crippen molar-refractivity contribution in [3.63, 3.8) is 0 Å². The third-order valence-electron chi connectivity index (χ3n) is 5.61. The van der Waals surface area contributed by atoms with E-state index in [1.807, 2.05) is 6.07 Å².